The number of halogens is 1. The van der Waals surface area contributed by atoms with Gasteiger partial charge in [0.15, 0.2) is 0 Å². The zero-order valence-corrected chi connectivity index (χ0v) is 22.2. The number of aryl methyl sites for hydroxylation is 3. The Morgan fingerprint density at radius 3 is 2.44 bits per heavy atom. The lowest BCUT2D eigenvalue weighted by molar-refractivity contribution is -0.0353. The maximum absolute atomic E-state index is 15.6. The maximum atomic E-state index is 15.6. The zero-order valence-electron chi connectivity index (χ0n) is 22.2. The van der Waals surface area contributed by atoms with Crippen molar-refractivity contribution in [2.24, 2.45) is 11.3 Å². The molecule has 4 aliphatic rings. The van der Waals surface area contributed by atoms with Gasteiger partial charge in [-0.15, -0.1) is 0 Å². The average molecular weight is 495 g/mol. The lowest BCUT2D eigenvalue weighted by Crippen LogP contribution is -2.53. The minimum Gasteiger partial charge on any atom is -0.493 e. The van der Waals surface area contributed by atoms with Crippen LogP contribution in [0.15, 0.2) is 24.3 Å². The highest BCUT2D eigenvalue weighted by Crippen LogP contribution is 2.45. The molecule has 36 heavy (non-hydrogen) atoms. The Morgan fingerprint density at radius 1 is 1.14 bits per heavy atom. The van der Waals surface area contributed by atoms with Crippen molar-refractivity contribution in [3.05, 3.63) is 52.3 Å². The molecule has 3 heterocycles. The first-order valence-corrected chi connectivity index (χ1v) is 13.4. The molecule has 194 valence electrons. The van der Waals surface area contributed by atoms with Crippen LogP contribution in [0.1, 0.15) is 68.3 Å². The van der Waals surface area contributed by atoms with Crippen molar-refractivity contribution in [2.45, 2.75) is 72.4 Å². The Morgan fingerprint density at radius 2 is 1.83 bits per heavy atom. The summed E-state index contributed by atoms with van der Waals surface area (Å²) in [4.78, 5) is 15.4. The molecule has 2 atom stereocenters. The summed E-state index contributed by atoms with van der Waals surface area (Å²) in [6, 6.07) is 7.29. The normalized spacial score (nSPS) is 26.3. The highest BCUT2D eigenvalue weighted by atomic mass is 19.1. The summed E-state index contributed by atoms with van der Waals surface area (Å²) in [5.41, 5.74) is 5.18. The first-order chi connectivity index (χ1) is 17.2. The molecule has 5 nitrogen and oxygen atoms in total. The third-order valence-electron chi connectivity index (χ3n) is 8.54. The van der Waals surface area contributed by atoms with Gasteiger partial charge in [-0.3, -0.25) is 4.90 Å². The van der Waals surface area contributed by atoms with Gasteiger partial charge in [-0.25, -0.2) is 9.18 Å². The van der Waals surface area contributed by atoms with Crippen molar-refractivity contribution in [2.75, 3.05) is 26.2 Å². The maximum Gasteiger partial charge on any atom is 0.407 e. The molecule has 1 amide bonds. The SMILES string of the molecule is CCOc1c(C)cc(-c2cc3c(cc2F)[C@H](NC(=O)O[C@@H]2CN4CCC2CC4)C(C)(C)CC3)cc1C. The minimum atomic E-state index is -0.387. The van der Waals surface area contributed by atoms with Crippen LogP contribution < -0.4 is 10.1 Å². The standard InChI is InChI=1S/C30H39FN2O3/c1-6-35-27-18(2)13-22(14-19(27)3)23-15-21-7-10-30(4,5)28(24(21)16-25(23)31)32-29(34)36-26-17-33-11-8-20(26)9-12-33/h13-16,20,26,28H,6-12,17H2,1-5H3,(H,32,34)/t26-,28+/m1/s1. The van der Waals surface area contributed by atoms with Crippen LogP contribution in [-0.4, -0.2) is 43.3 Å². The number of ether oxygens (including phenoxy) is 2. The third kappa shape index (κ3) is 4.72. The van der Waals surface area contributed by atoms with E-state index in [0.717, 1.165) is 78.9 Å². The number of amides is 1. The fourth-order valence-electron chi connectivity index (χ4n) is 6.45. The van der Waals surface area contributed by atoms with E-state index in [0.29, 0.717) is 18.1 Å². The second-order valence-corrected chi connectivity index (χ2v) is 11.6. The van der Waals surface area contributed by atoms with E-state index < -0.39 is 0 Å². The highest BCUT2D eigenvalue weighted by Gasteiger charge is 2.40. The molecular formula is C30H39FN2O3. The van der Waals surface area contributed by atoms with Crippen LogP contribution in [0.2, 0.25) is 0 Å². The number of carbonyl (C=O) groups is 1. The summed E-state index contributed by atoms with van der Waals surface area (Å²) in [5, 5.41) is 3.14. The molecule has 6 rings (SSSR count). The number of fused-ring (bicyclic) bond motifs is 4. The number of hydrogen-bond donors (Lipinski definition) is 1. The van der Waals surface area contributed by atoms with E-state index in [1.165, 1.54) is 0 Å². The summed E-state index contributed by atoms with van der Waals surface area (Å²) in [6.45, 7) is 13.9. The molecule has 2 aromatic rings. The molecule has 3 fully saturated rings. The average Bonchev–Trinajstić information content (AvgIpc) is 2.84. The Hall–Kier alpha value is -2.60. The quantitative estimate of drug-likeness (QED) is 0.527. The molecule has 0 saturated carbocycles. The van der Waals surface area contributed by atoms with Gasteiger partial charge in [0.1, 0.15) is 17.7 Å². The van der Waals surface area contributed by atoms with Crippen LogP contribution in [0.25, 0.3) is 11.1 Å². The molecule has 1 aliphatic carbocycles. The molecule has 0 unspecified atom stereocenters. The van der Waals surface area contributed by atoms with Gasteiger partial charge in [-0.05, 0) is 123 Å². The summed E-state index contributed by atoms with van der Waals surface area (Å²) in [6.07, 6.45) is 3.49. The van der Waals surface area contributed by atoms with Gasteiger partial charge in [0.25, 0.3) is 0 Å². The second-order valence-electron chi connectivity index (χ2n) is 11.6. The van der Waals surface area contributed by atoms with Crippen LogP contribution in [0.3, 0.4) is 0 Å². The van der Waals surface area contributed by atoms with Crippen molar-refractivity contribution in [1.29, 1.82) is 0 Å². The summed E-state index contributed by atoms with van der Waals surface area (Å²) >= 11 is 0. The lowest BCUT2D eigenvalue weighted by Gasteiger charge is -2.44. The minimum absolute atomic E-state index is 0.0519. The van der Waals surface area contributed by atoms with Crippen molar-refractivity contribution < 1.29 is 18.7 Å². The van der Waals surface area contributed by atoms with Crippen molar-refractivity contribution in [3.8, 4) is 16.9 Å². The van der Waals surface area contributed by atoms with E-state index in [4.69, 9.17) is 9.47 Å². The van der Waals surface area contributed by atoms with Crippen LogP contribution in [0.4, 0.5) is 9.18 Å². The van der Waals surface area contributed by atoms with Crippen molar-refractivity contribution >= 4 is 6.09 Å². The molecule has 0 radical (unpaired) electrons. The van der Waals surface area contributed by atoms with E-state index in [1.807, 2.05) is 39.0 Å². The first kappa shape index (κ1) is 25.1. The number of nitrogens with one attached hydrogen (secondary N) is 1. The fourth-order valence-corrected chi connectivity index (χ4v) is 6.45. The lowest BCUT2D eigenvalue weighted by atomic mass is 9.70. The summed E-state index contributed by atoms with van der Waals surface area (Å²) in [5.74, 6) is 1.05. The van der Waals surface area contributed by atoms with Gasteiger partial charge >= 0.3 is 6.09 Å². The molecular weight excluding hydrogens is 455 g/mol. The number of carbonyl (C=O) groups excluding carboxylic acids is 1. The zero-order chi connectivity index (χ0) is 25.6. The van der Waals surface area contributed by atoms with Crippen LogP contribution in [0, 0.1) is 31.0 Å². The molecule has 3 saturated heterocycles. The number of nitrogens with zero attached hydrogens (tertiary/aromatic N) is 1. The molecule has 2 bridgehead atoms. The molecule has 0 aromatic heterocycles. The molecule has 2 aromatic carbocycles. The number of hydrogen-bond acceptors (Lipinski definition) is 4. The predicted octanol–water partition coefficient (Wildman–Crippen LogP) is 6.34. The van der Waals surface area contributed by atoms with E-state index in [1.54, 1.807) is 6.07 Å². The Bertz CT molecular complexity index is 1130. The Balaban J connectivity index is 1.40. The molecule has 6 heteroatoms. The molecule has 1 N–H and O–H groups in total. The van der Waals surface area contributed by atoms with Gasteiger partial charge in [0.2, 0.25) is 0 Å². The Labute approximate surface area is 214 Å². The smallest absolute Gasteiger partial charge is 0.407 e. The van der Waals surface area contributed by atoms with E-state index in [2.05, 4.69) is 24.1 Å². The number of benzene rings is 2. The van der Waals surface area contributed by atoms with Gasteiger partial charge in [0, 0.05) is 12.1 Å². The van der Waals surface area contributed by atoms with Gasteiger partial charge in [-0.2, -0.15) is 0 Å². The first-order valence-electron chi connectivity index (χ1n) is 13.4. The fraction of sp³-hybridized carbons (Fsp3) is 0.567. The van der Waals surface area contributed by atoms with Crippen molar-refractivity contribution in [3.63, 3.8) is 0 Å². The summed E-state index contributed by atoms with van der Waals surface area (Å²) < 4.78 is 27.3. The predicted molar refractivity (Wildman–Crippen MR) is 140 cm³/mol. The Kier molecular flexibility index (Phi) is 6.75. The van der Waals surface area contributed by atoms with E-state index >= 15 is 4.39 Å². The number of piperidine rings is 3. The van der Waals surface area contributed by atoms with Gasteiger partial charge in [-0.1, -0.05) is 13.8 Å². The van der Waals surface area contributed by atoms with Gasteiger partial charge in [0.05, 0.1) is 12.6 Å². The monoisotopic (exact) mass is 494 g/mol. The van der Waals surface area contributed by atoms with Crippen molar-refractivity contribution in [1.82, 2.24) is 10.2 Å². The van der Waals surface area contributed by atoms with Crippen LogP contribution >= 0.6 is 0 Å². The molecule has 0 spiro atoms. The van der Waals surface area contributed by atoms with E-state index in [9.17, 15) is 4.79 Å². The number of rotatable bonds is 5. The summed E-state index contributed by atoms with van der Waals surface area (Å²) in [7, 11) is 0. The van der Waals surface area contributed by atoms with Crippen LogP contribution in [0.5, 0.6) is 5.75 Å². The van der Waals surface area contributed by atoms with Gasteiger partial charge < -0.3 is 14.8 Å². The topological polar surface area (TPSA) is 50.8 Å². The van der Waals surface area contributed by atoms with E-state index in [-0.39, 0.29) is 29.5 Å². The molecule has 3 aliphatic heterocycles. The highest BCUT2D eigenvalue weighted by molar-refractivity contribution is 5.71. The van der Waals surface area contributed by atoms with Crippen LogP contribution in [-0.2, 0) is 11.2 Å². The largest absolute Gasteiger partial charge is 0.493 e. The second kappa shape index (κ2) is 9.70. The number of alkyl carbamates (subject to hydrolysis) is 1. The third-order valence-corrected chi connectivity index (χ3v) is 8.54.